The van der Waals surface area contributed by atoms with E-state index in [4.69, 9.17) is 10.5 Å². The van der Waals surface area contributed by atoms with E-state index in [2.05, 4.69) is 29.2 Å². The zero-order valence-corrected chi connectivity index (χ0v) is 31.2. The summed E-state index contributed by atoms with van der Waals surface area (Å²) in [6, 6.07) is 18.0. The Labute approximate surface area is 309 Å². The minimum absolute atomic E-state index is 0.00939. The van der Waals surface area contributed by atoms with E-state index >= 15 is 0 Å². The monoisotopic (exact) mass is 753 g/mol. The van der Waals surface area contributed by atoms with Gasteiger partial charge < -0.3 is 31.1 Å². The number of nitrogens with two attached hydrogens (primary N) is 1. The molecule has 0 bridgehead atoms. The first-order valence-electron chi connectivity index (χ1n) is 17.2. The number of para-hydroxylation sites is 1. The van der Waals surface area contributed by atoms with Crippen molar-refractivity contribution in [2.75, 3.05) is 24.3 Å². The molecule has 15 heteroatoms. The fourth-order valence-corrected chi connectivity index (χ4v) is 8.39. The number of rotatable bonds is 18. The molecular formula is C37H47N5O8S2. The van der Waals surface area contributed by atoms with Gasteiger partial charge in [0, 0.05) is 18.3 Å². The number of anilines is 2. The maximum absolute atomic E-state index is 14.3. The maximum Gasteiger partial charge on any atom is 0.326 e. The molecule has 0 radical (unpaired) electrons. The van der Waals surface area contributed by atoms with Crippen LogP contribution in [0.3, 0.4) is 0 Å². The Morgan fingerprint density at radius 2 is 1.60 bits per heavy atom. The van der Waals surface area contributed by atoms with Gasteiger partial charge in [-0.1, -0.05) is 88.1 Å². The molecule has 280 valence electrons. The van der Waals surface area contributed by atoms with Gasteiger partial charge in [0.2, 0.25) is 21.8 Å². The average Bonchev–Trinajstić information content (AvgIpc) is 3.22. The molecule has 1 aliphatic rings. The third-order valence-electron chi connectivity index (χ3n) is 8.80. The van der Waals surface area contributed by atoms with Gasteiger partial charge in [-0.15, -0.1) is 11.8 Å². The summed E-state index contributed by atoms with van der Waals surface area (Å²) in [5.41, 5.74) is 6.10. The molecule has 3 aromatic rings. The summed E-state index contributed by atoms with van der Waals surface area (Å²) in [6.07, 6.45) is 5.99. The summed E-state index contributed by atoms with van der Waals surface area (Å²) in [5.74, 6) is -3.86. The Kier molecular flexibility index (Phi) is 14.1. The van der Waals surface area contributed by atoms with Crippen LogP contribution in [0.2, 0.25) is 0 Å². The van der Waals surface area contributed by atoms with Gasteiger partial charge in [-0.25, -0.2) is 17.9 Å². The van der Waals surface area contributed by atoms with E-state index in [1.165, 1.54) is 17.8 Å². The van der Waals surface area contributed by atoms with E-state index < -0.39 is 64.4 Å². The molecule has 0 fully saturated rings. The average molecular weight is 754 g/mol. The number of hydrogen-bond donors (Lipinski definition) is 5. The molecule has 0 saturated heterocycles. The van der Waals surface area contributed by atoms with Crippen molar-refractivity contribution in [1.82, 2.24) is 15.4 Å². The highest BCUT2D eigenvalue weighted by Crippen LogP contribution is 2.44. The highest BCUT2D eigenvalue weighted by Gasteiger charge is 2.42. The summed E-state index contributed by atoms with van der Waals surface area (Å²) in [5, 5.41) is 14.3. The van der Waals surface area contributed by atoms with Crippen molar-refractivity contribution < 1.29 is 37.4 Å². The number of fused-ring (bicyclic) bond motifs is 1. The van der Waals surface area contributed by atoms with Crippen LogP contribution in [-0.2, 0) is 29.2 Å². The Bertz CT molecular complexity index is 1820. The molecule has 6 N–H and O–H groups in total. The summed E-state index contributed by atoms with van der Waals surface area (Å²) in [4.78, 5) is 52.4. The predicted molar refractivity (Wildman–Crippen MR) is 200 cm³/mol. The molecule has 0 aromatic heterocycles. The second kappa shape index (κ2) is 18.2. The van der Waals surface area contributed by atoms with Crippen LogP contribution in [-0.4, -0.2) is 68.2 Å². The lowest BCUT2D eigenvalue weighted by molar-refractivity contribution is -0.143. The number of amides is 3. The number of carbonyl (C=O) groups excluding carboxylic acids is 3. The van der Waals surface area contributed by atoms with Crippen LogP contribution >= 0.6 is 11.8 Å². The number of benzene rings is 3. The first-order chi connectivity index (χ1) is 24.8. The smallest absolute Gasteiger partial charge is 0.326 e. The standard InChI is InChI=1S/C37H47N5O8S2/c1-4-6-18-37(19-7-5-2)24-42(26-16-12-9-13-17-26)28-21-30(51-3)29(22-31(28)52(48,49)41-37)50-23-33(44)40-34(25-14-10-8-11-15-25)35(45)39-27(36(46)47)20-32(38)43/h8-17,21-22,27,34,41H,4-7,18-20,23-24H2,1-3H3,(H2,38,43)(H,39,45)(H,40,44)(H,46,47)/t27-,34+/m0/s1. The topological polar surface area (TPSA) is 197 Å². The lowest BCUT2D eigenvalue weighted by Gasteiger charge is -2.37. The van der Waals surface area contributed by atoms with Gasteiger partial charge in [0.15, 0.2) is 6.61 Å². The second-order valence-corrected chi connectivity index (χ2v) is 15.3. The van der Waals surface area contributed by atoms with Gasteiger partial charge in [-0.3, -0.25) is 14.4 Å². The Morgan fingerprint density at radius 1 is 0.981 bits per heavy atom. The highest BCUT2D eigenvalue weighted by atomic mass is 32.2. The van der Waals surface area contributed by atoms with Gasteiger partial charge in [-0.05, 0) is 42.9 Å². The number of carbonyl (C=O) groups is 4. The van der Waals surface area contributed by atoms with Crippen LogP contribution in [0.1, 0.15) is 70.4 Å². The summed E-state index contributed by atoms with van der Waals surface area (Å²) in [6.45, 7) is 3.99. The van der Waals surface area contributed by atoms with Gasteiger partial charge in [0.05, 0.1) is 22.5 Å². The lowest BCUT2D eigenvalue weighted by atomic mass is 9.87. The number of aliphatic carboxylic acids is 1. The molecule has 52 heavy (non-hydrogen) atoms. The van der Waals surface area contributed by atoms with Crippen molar-refractivity contribution in [1.29, 1.82) is 0 Å². The number of thioether (sulfide) groups is 1. The van der Waals surface area contributed by atoms with Gasteiger partial charge in [0.25, 0.3) is 5.91 Å². The van der Waals surface area contributed by atoms with Crippen LogP contribution in [0, 0.1) is 0 Å². The molecule has 0 saturated carbocycles. The van der Waals surface area contributed by atoms with Crippen LogP contribution in [0.15, 0.2) is 82.6 Å². The Morgan fingerprint density at radius 3 is 2.15 bits per heavy atom. The number of hydrogen-bond acceptors (Lipinski definition) is 9. The fourth-order valence-electron chi connectivity index (χ4n) is 6.19. The van der Waals surface area contributed by atoms with Crippen molar-refractivity contribution in [3.05, 3.63) is 78.4 Å². The number of primary amides is 1. The first kappa shape index (κ1) is 40.2. The lowest BCUT2D eigenvalue weighted by Crippen LogP contribution is -2.53. The van der Waals surface area contributed by atoms with Crippen molar-refractivity contribution in [3.8, 4) is 5.75 Å². The SMILES string of the molecule is CCCCC1(CCCC)CN(c2ccccc2)c2cc(SC)c(OCC(=O)N[C@@H](C(=O)N[C@@H](CC(N)=O)C(=O)O)c3ccccc3)cc2S(=O)(=O)N1. The molecule has 13 nitrogen and oxygen atoms in total. The van der Waals surface area contributed by atoms with E-state index in [9.17, 15) is 32.7 Å². The van der Waals surface area contributed by atoms with E-state index in [-0.39, 0.29) is 10.6 Å². The molecule has 3 aromatic carbocycles. The van der Waals surface area contributed by atoms with Crippen molar-refractivity contribution in [3.63, 3.8) is 0 Å². The number of sulfonamides is 1. The number of nitrogens with zero attached hydrogens (tertiary/aromatic N) is 1. The van der Waals surface area contributed by atoms with Crippen molar-refractivity contribution >= 4 is 56.9 Å². The third kappa shape index (κ3) is 10.3. The predicted octanol–water partition coefficient (Wildman–Crippen LogP) is 4.64. The third-order valence-corrected chi connectivity index (χ3v) is 11.2. The van der Waals surface area contributed by atoms with E-state index in [1.54, 1.807) is 36.4 Å². The molecule has 1 aliphatic heterocycles. The van der Waals surface area contributed by atoms with Crippen LogP contribution < -0.4 is 30.7 Å². The zero-order chi connectivity index (χ0) is 37.9. The number of carboxylic acids is 1. The summed E-state index contributed by atoms with van der Waals surface area (Å²) in [7, 11) is -4.08. The molecular weight excluding hydrogens is 707 g/mol. The van der Waals surface area contributed by atoms with E-state index in [0.717, 1.165) is 31.4 Å². The van der Waals surface area contributed by atoms with Crippen LogP contribution in [0.5, 0.6) is 5.75 Å². The largest absolute Gasteiger partial charge is 0.483 e. The molecule has 1 heterocycles. The van der Waals surface area contributed by atoms with Crippen molar-refractivity contribution in [2.24, 2.45) is 5.73 Å². The Balaban J connectivity index is 1.67. The zero-order valence-electron chi connectivity index (χ0n) is 29.6. The normalized spacial score (nSPS) is 15.7. The molecule has 0 spiro atoms. The number of ether oxygens (including phenoxy) is 1. The van der Waals surface area contributed by atoms with Crippen LogP contribution in [0.4, 0.5) is 11.4 Å². The maximum atomic E-state index is 14.3. The molecule has 2 atom stereocenters. The van der Waals surface area contributed by atoms with Gasteiger partial charge in [0.1, 0.15) is 22.7 Å². The molecule has 0 unspecified atom stereocenters. The number of carboxylic acid groups (broad SMARTS) is 1. The number of nitrogens with one attached hydrogen (secondary N) is 3. The summed E-state index contributed by atoms with van der Waals surface area (Å²) < 4.78 is 37.6. The number of unbranched alkanes of at least 4 members (excludes halogenated alkanes) is 2. The minimum atomic E-state index is -4.08. The fraction of sp³-hybridized carbons (Fsp3) is 0.405. The van der Waals surface area contributed by atoms with Gasteiger partial charge in [-0.2, -0.15) is 0 Å². The molecule has 0 aliphatic carbocycles. The van der Waals surface area contributed by atoms with Crippen molar-refractivity contribution in [2.45, 2.75) is 86.2 Å². The first-order valence-corrected chi connectivity index (χ1v) is 19.9. The second-order valence-electron chi connectivity index (χ2n) is 12.8. The summed E-state index contributed by atoms with van der Waals surface area (Å²) >= 11 is 1.33. The van der Waals surface area contributed by atoms with E-state index in [1.807, 2.05) is 41.5 Å². The molecule has 4 rings (SSSR count). The van der Waals surface area contributed by atoms with Gasteiger partial charge >= 0.3 is 5.97 Å². The minimum Gasteiger partial charge on any atom is -0.483 e. The Hall–Kier alpha value is -4.60. The quantitative estimate of drug-likeness (QED) is 0.114. The van der Waals surface area contributed by atoms with Crippen LogP contribution in [0.25, 0.3) is 0 Å². The molecule has 3 amide bonds. The van der Waals surface area contributed by atoms with E-state index in [0.29, 0.717) is 35.5 Å². The highest BCUT2D eigenvalue weighted by molar-refractivity contribution is 7.98.